The minimum Gasteiger partial charge on any atom is -0.489 e. The number of aromatic amines is 1. The zero-order valence-corrected chi connectivity index (χ0v) is 10.9. The number of H-pyrrole nitrogens is 1. The highest BCUT2D eigenvalue weighted by atomic mass is 16.5. The number of nitrogen functional groups attached to an aromatic ring is 1. The maximum atomic E-state index is 5.85. The normalized spacial score (nSPS) is 10.4. The number of nitrogens with two attached hydrogens (primary N) is 1. The van der Waals surface area contributed by atoms with Gasteiger partial charge < -0.3 is 10.5 Å². The topological polar surface area (TPSA) is 63.9 Å². The second kappa shape index (κ2) is 5.48. The van der Waals surface area contributed by atoms with Crippen LogP contribution in [0.5, 0.6) is 5.75 Å². The Balaban J connectivity index is 1.77. The molecule has 4 nitrogen and oxygen atoms in total. The van der Waals surface area contributed by atoms with Crippen molar-refractivity contribution < 1.29 is 4.74 Å². The minimum absolute atomic E-state index is 0.544. The van der Waals surface area contributed by atoms with Crippen molar-refractivity contribution in [1.82, 2.24) is 10.2 Å². The third-order valence-electron chi connectivity index (χ3n) is 3.04. The van der Waals surface area contributed by atoms with Crippen molar-refractivity contribution in [2.24, 2.45) is 0 Å². The van der Waals surface area contributed by atoms with Crippen molar-refractivity contribution in [3.8, 4) is 17.0 Å². The molecule has 100 valence electrons. The number of nitrogens with one attached hydrogen (secondary N) is 1. The molecule has 0 fully saturated rings. The molecule has 0 radical (unpaired) electrons. The van der Waals surface area contributed by atoms with E-state index in [1.807, 2.05) is 54.6 Å². The molecule has 0 aliphatic rings. The van der Waals surface area contributed by atoms with Gasteiger partial charge in [-0.05, 0) is 17.7 Å². The monoisotopic (exact) mass is 265 g/mol. The highest BCUT2D eigenvalue weighted by Crippen LogP contribution is 2.26. The molecule has 1 heterocycles. The Kier molecular flexibility index (Phi) is 3.37. The molecule has 2 aromatic carbocycles. The number of hydrogen-bond acceptors (Lipinski definition) is 3. The lowest BCUT2D eigenvalue weighted by molar-refractivity contribution is 0.306. The van der Waals surface area contributed by atoms with E-state index in [1.165, 1.54) is 0 Å². The maximum Gasteiger partial charge on any atom is 0.120 e. The average Bonchev–Trinajstić information content (AvgIpc) is 2.93. The maximum absolute atomic E-state index is 5.85. The molecule has 1 aromatic heterocycles. The molecule has 3 aromatic rings. The third kappa shape index (κ3) is 2.64. The smallest absolute Gasteiger partial charge is 0.120 e. The molecule has 0 saturated carbocycles. The van der Waals surface area contributed by atoms with Crippen LogP contribution in [0.25, 0.3) is 11.3 Å². The van der Waals surface area contributed by atoms with Crippen molar-refractivity contribution in [3.63, 3.8) is 0 Å². The van der Waals surface area contributed by atoms with E-state index in [9.17, 15) is 0 Å². The van der Waals surface area contributed by atoms with Crippen LogP contribution in [0.2, 0.25) is 0 Å². The van der Waals surface area contributed by atoms with E-state index in [-0.39, 0.29) is 0 Å². The Morgan fingerprint density at radius 1 is 1.05 bits per heavy atom. The van der Waals surface area contributed by atoms with E-state index >= 15 is 0 Å². The van der Waals surface area contributed by atoms with Gasteiger partial charge in [-0.15, -0.1) is 0 Å². The lowest BCUT2D eigenvalue weighted by Gasteiger charge is -2.08. The van der Waals surface area contributed by atoms with E-state index < -0.39 is 0 Å². The Labute approximate surface area is 117 Å². The molecule has 0 atom stereocenters. The number of nitrogens with zero attached hydrogens (tertiary/aromatic N) is 1. The Morgan fingerprint density at radius 2 is 1.90 bits per heavy atom. The summed E-state index contributed by atoms with van der Waals surface area (Å²) in [6.07, 6.45) is 1.60. The van der Waals surface area contributed by atoms with Crippen LogP contribution in [-0.2, 0) is 6.61 Å². The number of anilines is 1. The highest BCUT2D eigenvalue weighted by Gasteiger charge is 2.05. The fraction of sp³-hybridized carbons (Fsp3) is 0.0625. The highest BCUT2D eigenvalue weighted by molar-refractivity contribution is 5.72. The molecule has 0 saturated heterocycles. The molecule has 0 unspecified atom stereocenters. The molecular formula is C16H15N3O. The number of hydrogen-bond donors (Lipinski definition) is 2. The first-order valence-corrected chi connectivity index (χ1v) is 6.39. The predicted octanol–water partition coefficient (Wildman–Crippen LogP) is 3.24. The molecule has 0 spiro atoms. The van der Waals surface area contributed by atoms with Crippen LogP contribution in [0.4, 0.5) is 5.69 Å². The first-order valence-electron chi connectivity index (χ1n) is 6.39. The van der Waals surface area contributed by atoms with Crippen LogP contribution in [0.1, 0.15) is 5.56 Å². The summed E-state index contributed by atoms with van der Waals surface area (Å²) in [7, 11) is 0. The molecule has 0 aliphatic carbocycles. The molecule has 4 heteroatoms. The van der Waals surface area contributed by atoms with E-state index in [4.69, 9.17) is 10.5 Å². The lowest BCUT2D eigenvalue weighted by Crippen LogP contribution is -1.95. The first kappa shape index (κ1) is 12.3. The summed E-state index contributed by atoms with van der Waals surface area (Å²) >= 11 is 0. The second-order valence-corrected chi connectivity index (χ2v) is 4.50. The van der Waals surface area contributed by atoms with Gasteiger partial charge in [-0.2, -0.15) is 5.10 Å². The van der Waals surface area contributed by atoms with Crippen LogP contribution < -0.4 is 10.5 Å². The second-order valence-electron chi connectivity index (χ2n) is 4.50. The van der Waals surface area contributed by atoms with Crippen molar-refractivity contribution >= 4 is 5.69 Å². The van der Waals surface area contributed by atoms with Gasteiger partial charge in [-0.1, -0.05) is 42.5 Å². The molecule has 20 heavy (non-hydrogen) atoms. The van der Waals surface area contributed by atoms with Gasteiger partial charge in [0.1, 0.15) is 12.4 Å². The summed E-state index contributed by atoms with van der Waals surface area (Å²) in [5.74, 6) is 0.806. The van der Waals surface area contributed by atoms with Crippen molar-refractivity contribution in [3.05, 3.63) is 66.4 Å². The summed E-state index contributed by atoms with van der Waals surface area (Å²) < 4.78 is 5.80. The summed E-state index contributed by atoms with van der Waals surface area (Å²) in [5, 5.41) is 6.82. The van der Waals surface area contributed by atoms with Crippen molar-refractivity contribution in [2.45, 2.75) is 6.61 Å². The quantitative estimate of drug-likeness (QED) is 0.761. The van der Waals surface area contributed by atoms with Gasteiger partial charge >= 0.3 is 0 Å². The van der Waals surface area contributed by atoms with Gasteiger partial charge in [0, 0.05) is 5.56 Å². The van der Waals surface area contributed by atoms with Gasteiger partial charge in [-0.3, -0.25) is 5.10 Å². The van der Waals surface area contributed by atoms with Gasteiger partial charge in [-0.25, -0.2) is 0 Å². The zero-order valence-electron chi connectivity index (χ0n) is 10.9. The summed E-state index contributed by atoms with van der Waals surface area (Å²) in [5.41, 5.74) is 9.40. The zero-order chi connectivity index (χ0) is 13.8. The third-order valence-corrected chi connectivity index (χ3v) is 3.04. The van der Waals surface area contributed by atoms with Crippen LogP contribution in [0, 0.1) is 0 Å². The fourth-order valence-electron chi connectivity index (χ4n) is 2.01. The largest absolute Gasteiger partial charge is 0.489 e. The Hall–Kier alpha value is -2.75. The predicted molar refractivity (Wildman–Crippen MR) is 79.2 cm³/mol. The Bertz CT molecular complexity index is 692. The van der Waals surface area contributed by atoms with Gasteiger partial charge in [0.15, 0.2) is 0 Å². The molecule has 3 N–H and O–H groups in total. The fourth-order valence-corrected chi connectivity index (χ4v) is 2.01. The van der Waals surface area contributed by atoms with E-state index in [1.54, 1.807) is 6.20 Å². The minimum atomic E-state index is 0.544. The Morgan fingerprint density at radius 3 is 2.65 bits per heavy atom. The average molecular weight is 265 g/mol. The van der Waals surface area contributed by atoms with E-state index in [0.29, 0.717) is 12.3 Å². The molecule has 0 amide bonds. The summed E-state index contributed by atoms with van der Waals surface area (Å²) in [6, 6.07) is 17.9. The van der Waals surface area contributed by atoms with Gasteiger partial charge in [0.25, 0.3) is 0 Å². The number of ether oxygens (including phenoxy) is 1. The molecule has 3 rings (SSSR count). The van der Waals surface area contributed by atoms with Crippen molar-refractivity contribution in [1.29, 1.82) is 0 Å². The van der Waals surface area contributed by atoms with Crippen LogP contribution in [0.15, 0.2) is 60.8 Å². The van der Waals surface area contributed by atoms with Crippen molar-refractivity contribution in [2.75, 3.05) is 5.73 Å². The first-order chi connectivity index (χ1) is 9.83. The van der Waals surface area contributed by atoms with Crippen LogP contribution in [0.3, 0.4) is 0 Å². The van der Waals surface area contributed by atoms with E-state index in [0.717, 1.165) is 22.6 Å². The molecule has 0 bridgehead atoms. The lowest BCUT2D eigenvalue weighted by atomic mass is 10.1. The summed E-state index contributed by atoms with van der Waals surface area (Å²) in [6.45, 7) is 0.544. The number of aromatic nitrogens is 2. The molecular weight excluding hydrogens is 250 g/mol. The van der Waals surface area contributed by atoms with Crippen LogP contribution >= 0.6 is 0 Å². The number of benzene rings is 2. The standard InChI is InChI=1S/C16H15N3O/c17-15-10-18-19-16(15)13-7-4-8-14(9-13)20-11-12-5-2-1-3-6-12/h1-10H,11,17H2,(H,18,19). The molecule has 0 aliphatic heterocycles. The van der Waals surface area contributed by atoms with Gasteiger partial charge in [0.2, 0.25) is 0 Å². The summed E-state index contributed by atoms with van der Waals surface area (Å²) in [4.78, 5) is 0. The number of rotatable bonds is 4. The van der Waals surface area contributed by atoms with Crippen LogP contribution in [-0.4, -0.2) is 10.2 Å². The van der Waals surface area contributed by atoms with Gasteiger partial charge in [0.05, 0.1) is 17.6 Å². The SMILES string of the molecule is Nc1cn[nH]c1-c1cccc(OCc2ccccc2)c1. The van der Waals surface area contributed by atoms with E-state index in [2.05, 4.69) is 10.2 Å².